The van der Waals surface area contributed by atoms with Crippen LogP contribution in [0.5, 0.6) is 0 Å². The van der Waals surface area contributed by atoms with Crippen LogP contribution in [0.3, 0.4) is 0 Å². The van der Waals surface area contributed by atoms with Gasteiger partial charge in [-0.15, -0.1) is 23.5 Å². The maximum absolute atomic E-state index is 13.2. The van der Waals surface area contributed by atoms with Crippen LogP contribution < -0.4 is 0 Å². The molecule has 2 aliphatic rings. The SMILES string of the molecule is Cc1ccc(S(=O)(=O)N2CCC[C@H]2C(C)(C)Sc2ccccc2)cc1.Cc1ccc(S(=O)(=O)N2CCC[C@H]2C(C)(C)Sc2ccccc2)cc1. The Morgan fingerprint density at radius 2 is 0.840 bits per heavy atom. The summed E-state index contributed by atoms with van der Waals surface area (Å²) in [7, 11) is -6.92. The van der Waals surface area contributed by atoms with Crippen LogP contribution in [-0.2, 0) is 20.0 Å². The highest BCUT2D eigenvalue weighted by Crippen LogP contribution is 2.44. The molecule has 0 unspecified atom stereocenters. The van der Waals surface area contributed by atoms with Crippen molar-refractivity contribution in [3.05, 3.63) is 120 Å². The molecule has 10 heteroatoms. The van der Waals surface area contributed by atoms with E-state index in [2.05, 4.69) is 52.0 Å². The fourth-order valence-corrected chi connectivity index (χ4v) is 13.2. The van der Waals surface area contributed by atoms with Gasteiger partial charge in [-0.3, -0.25) is 0 Å². The Morgan fingerprint density at radius 3 is 1.16 bits per heavy atom. The molecule has 50 heavy (non-hydrogen) atoms. The molecule has 0 bridgehead atoms. The van der Waals surface area contributed by atoms with Gasteiger partial charge in [-0.2, -0.15) is 8.61 Å². The second-order valence-electron chi connectivity index (χ2n) is 14.2. The van der Waals surface area contributed by atoms with Crippen molar-refractivity contribution in [1.29, 1.82) is 0 Å². The van der Waals surface area contributed by atoms with Crippen LogP contribution in [0.4, 0.5) is 0 Å². The molecule has 0 saturated carbocycles. The third-order valence-electron chi connectivity index (χ3n) is 9.52. The maximum atomic E-state index is 13.2. The predicted molar refractivity (Wildman–Crippen MR) is 209 cm³/mol. The van der Waals surface area contributed by atoms with Gasteiger partial charge < -0.3 is 0 Å². The third kappa shape index (κ3) is 9.06. The summed E-state index contributed by atoms with van der Waals surface area (Å²) in [4.78, 5) is 3.13. The molecule has 268 valence electrons. The van der Waals surface area contributed by atoms with Gasteiger partial charge in [-0.25, -0.2) is 16.8 Å². The first-order chi connectivity index (χ1) is 23.6. The van der Waals surface area contributed by atoms with Gasteiger partial charge in [0.05, 0.1) is 9.79 Å². The Bertz CT molecular complexity index is 1770. The third-order valence-corrected chi connectivity index (χ3v) is 16.0. The fourth-order valence-electron chi connectivity index (χ4n) is 6.86. The summed E-state index contributed by atoms with van der Waals surface area (Å²) in [6, 6.07) is 34.7. The fraction of sp³-hybridized carbons (Fsp3) is 0.400. The van der Waals surface area contributed by atoms with E-state index in [-0.39, 0.29) is 21.6 Å². The van der Waals surface area contributed by atoms with Gasteiger partial charge in [-0.1, -0.05) is 71.8 Å². The zero-order chi connectivity index (χ0) is 36.2. The first kappa shape index (κ1) is 38.6. The van der Waals surface area contributed by atoms with Crippen molar-refractivity contribution < 1.29 is 16.8 Å². The molecule has 4 aromatic carbocycles. The topological polar surface area (TPSA) is 74.8 Å². The number of sulfonamides is 2. The van der Waals surface area contributed by atoms with E-state index in [0.717, 1.165) is 36.8 Å². The van der Waals surface area contributed by atoms with Crippen molar-refractivity contribution in [3.8, 4) is 0 Å². The van der Waals surface area contributed by atoms with E-state index in [4.69, 9.17) is 0 Å². The zero-order valence-corrected chi connectivity index (χ0v) is 33.2. The summed E-state index contributed by atoms with van der Waals surface area (Å²) in [6.45, 7) is 13.7. The highest BCUT2D eigenvalue weighted by molar-refractivity contribution is 8.01. The Balaban J connectivity index is 0.000000194. The first-order valence-corrected chi connectivity index (χ1v) is 21.8. The molecule has 6 rings (SSSR count). The van der Waals surface area contributed by atoms with Crippen molar-refractivity contribution >= 4 is 43.6 Å². The van der Waals surface area contributed by atoms with Crippen LogP contribution in [0.2, 0.25) is 0 Å². The molecule has 2 heterocycles. The van der Waals surface area contributed by atoms with Gasteiger partial charge in [0.2, 0.25) is 20.0 Å². The highest BCUT2D eigenvalue weighted by Gasteiger charge is 2.45. The van der Waals surface area contributed by atoms with Crippen molar-refractivity contribution in [2.45, 2.75) is 108 Å². The molecule has 0 amide bonds. The Labute approximate surface area is 309 Å². The quantitative estimate of drug-likeness (QED) is 0.151. The molecule has 2 aliphatic heterocycles. The molecule has 2 saturated heterocycles. The van der Waals surface area contributed by atoms with E-state index < -0.39 is 20.0 Å². The van der Waals surface area contributed by atoms with E-state index in [9.17, 15) is 16.8 Å². The van der Waals surface area contributed by atoms with E-state index >= 15 is 0 Å². The maximum Gasteiger partial charge on any atom is 0.243 e. The minimum absolute atomic E-state index is 0.0102. The lowest BCUT2D eigenvalue weighted by molar-refractivity contribution is 0.338. The lowest BCUT2D eigenvalue weighted by Crippen LogP contribution is -2.46. The molecule has 0 N–H and O–H groups in total. The number of benzene rings is 4. The summed E-state index contributed by atoms with van der Waals surface area (Å²) in [6.07, 6.45) is 3.62. The van der Waals surface area contributed by atoms with Gasteiger partial charge in [0.25, 0.3) is 0 Å². The zero-order valence-electron chi connectivity index (χ0n) is 30.0. The molecule has 6 nitrogen and oxygen atoms in total. The Morgan fingerprint density at radius 1 is 0.520 bits per heavy atom. The average molecular weight is 751 g/mol. The van der Waals surface area contributed by atoms with Crippen LogP contribution >= 0.6 is 23.5 Å². The van der Waals surface area contributed by atoms with E-state index in [1.807, 2.05) is 74.5 Å². The number of hydrogen-bond donors (Lipinski definition) is 0. The largest absolute Gasteiger partial charge is 0.243 e. The van der Waals surface area contributed by atoms with E-state index in [1.165, 1.54) is 9.79 Å². The number of rotatable bonds is 10. The second kappa shape index (κ2) is 16.0. The number of nitrogens with zero attached hydrogens (tertiary/aromatic N) is 2. The molecule has 0 aromatic heterocycles. The highest BCUT2D eigenvalue weighted by atomic mass is 32.2. The Hall–Kier alpha value is -2.60. The molecule has 4 aromatic rings. The summed E-state index contributed by atoms with van der Waals surface area (Å²) < 4.78 is 55.7. The monoisotopic (exact) mass is 750 g/mol. The molecule has 2 fully saturated rings. The van der Waals surface area contributed by atoms with Gasteiger partial charge in [-0.05, 0) is 116 Å². The molecule has 0 spiro atoms. The molecular weight excluding hydrogens is 701 g/mol. The van der Waals surface area contributed by atoms with Crippen LogP contribution in [0.15, 0.2) is 129 Å². The van der Waals surface area contributed by atoms with Crippen LogP contribution in [0.25, 0.3) is 0 Å². The minimum atomic E-state index is -3.46. The normalized spacial score (nSPS) is 19.2. The van der Waals surface area contributed by atoms with Crippen LogP contribution in [0, 0.1) is 13.8 Å². The summed E-state index contributed by atoms with van der Waals surface area (Å²) in [5.41, 5.74) is 2.13. The average Bonchev–Trinajstić information content (AvgIpc) is 3.79. The van der Waals surface area contributed by atoms with Crippen molar-refractivity contribution in [2.24, 2.45) is 0 Å². The predicted octanol–water partition coefficient (Wildman–Crippen LogP) is 9.44. The second-order valence-corrected chi connectivity index (χ2v) is 21.4. The smallest absolute Gasteiger partial charge is 0.207 e. The van der Waals surface area contributed by atoms with Crippen molar-refractivity contribution in [1.82, 2.24) is 8.61 Å². The summed E-state index contributed by atoms with van der Waals surface area (Å²) in [5.74, 6) is 0. The number of hydrogen-bond acceptors (Lipinski definition) is 6. The lowest BCUT2D eigenvalue weighted by atomic mass is 10.0. The summed E-state index contributed by atoms with van der Waals surface area (Å²) >= 11 is 3.51. The minimum Gasteiger partial charge on any atom is -0.207 e. The van der Waals surface area contributed by atoms with Crippen molar-refractivity contribution in [2.75, 3.05) is 13.1 Å². The number of thioether (sulfide) groups is 2. The molecule has 2 atom stereocenters. The Kier molecular flexibility index (Phi) is 12.3. The number of aryl methyl sites for hydroxylation is 2. The van der Waals surface area contributed by atoms with Gasteiger partial charge in [0.15, 0.2) is 0 Å². The van der Waals surface area contributed by atoms with E-state index in [0.29, 0.717) is 22.9 Å². The molecule has 0 aliphatic carbocycles. The van der Waals surface area contributed by atoms with E-state index in [1.54, 1.807) is 56.4 Å². The molecule has 0 radical (unpaired) electrons. The van der Waals surface area contributed by atoms with Gasteiger partial charge in [0.1, 0.15) is 0 Å². The van der Waals surface area contributed by atoms with Crippen LogP contribution in [-0.4, -0.2) is 60.1 Å². The van der Waals surface area contributed by atoms with Gasteiger partial charge in [0, 0.05) is 44.5 Å². The van der Waals surface area contributed by atoms with Crippen molar-refractivity contribution in [3.63, 3.8) is 0 Å². The molecular formula is C40H50N2O4S4. The standard InChI is InChI=1S/2C20H25NO2S2/c2*1-16-11-13-18(14-12-16)25(22,23)21-15-7-10-19(21)20(2,3)24-17-8-5-4-6-9-17/h2*4-6,8-9,11-14,19H,7,10,15H2,1-3H3/t2*19-/m00/s1. The van der Waals surface area contributed by atoms with Gasteiger partial charge >= 0.3 is 0 Å². The summed E-state index contributed by atoms with van der Waals surface area (Å²) in [5, 5.41) is 0. The lowest BCUT2D eigenvalue weighted by Gasteiger charge is -2.36. The first-order valence-electron chi connectivity index (χ1n) is 17.3. The van der Waals surface area contributed by atoms with Crippen LogP contribution in [0.1, 0.15) is 64.5 Å².